The Kier molecular flexibility index (Phi) is 8.59. The van der Waals surface area contributed by atoms with E-state index in [1.165, 1.54) is 0 Å². The summed E-state index contributed by atoms with van der Waals surface area (Å²) >= 11 is 0. The molecular formula is C22H30N4O4. The van der Waals surface area contributed by atoms with Gasteiger partial charge in [-0.2, -0.15) is 0 Å². The van der Waals surface area contributed by atoms with Crippen molar-refractivity contribution >= 4 is 17.6 Å². The van der Waals surface area contributed by atoms with E-state index >= 15 is 0 Å². The minimum Gasteiger partial charge on any atom is -0.482 e. The van der Waals surface area contributed by atoms with Crippen molar-refractivity contribution in [2.24, 2.45) is 4.99 Å². The number of carbonyl (C=O) groups excluding carboxylic acids is 1. The number of fused-ring (bicyclic) bond motifs is 1. The summed E-state index contributed by atoms with van der Waals surface area (Å²) in [5.74, 6) is 2.35. The van der Waals surface area contributed by atoms with E-state index in [0.29, 0.717) is 26.3 Å². The molecule has 0 radical (unpaired) electrons. The van der Waals surface area contributed by atoms with Crippen molar-refractivity contribution < 1.29 is 18.7 Å². The Morgan fingerprint density at radius 1 is 1.20 bits per heavy atom. The second kappa shape index (κ2) is 11.9. The van der Waals surface area contributed by atoms with Gasteiger partial charge in [-0.25, -0.2) is 0 Å². The number of ether oxygens (including phenoxy) is 2. The van der Waals surface area contributed by atoms with E-state index in [0.717, 1.165) is 49.1 Å². The van der Waals surface area contributed by atoms with Gasteiger partial charge in [0.25, 0.3) is 5.91 Å². The molecule has 1 aromatic carbocycles. The maximum atomic E-state index is 12.2. The van der Waals surface area contributed by atoms with E-state index in [4.69, 9.17) is 13.9 Å². The van der Waals surface area contributed by atoms with Gasteiger partial charge in [0.15, 0.2) is 12.6 Å². The highest BCUT2D eigenvalue weighted by atomic mass is 16.5. The highest BCUT2D eigenvalue weighted by molar-refractivity contribution is 5.97. The van der Waals surface area contributed by atoms with Gasteiger partial charge in [0.1, 0.15) is 18.1 Å². The van der Waals surface area contributed by atoms with Gasteiger partial charge < -0.3 is 29.4 Å². The van der Waals surface area contributed by atoms with Gasteiger partial charge >= 0.3 is 0 Å². The number of anilines is 1. The van der Waals surface area contributed by atoms with E-state index in [9.17, 15) is 4.79 Å². The van der Waals surface area contributed by atoms with Crippen LogP contribution in [0.4, 0.5) is 5.69 Å². The Morgan fingerprint density at radius 2 is 2.10 bits per heavy atom. The van der Waals surface area contributed by atoms with Gasteiger partial charge in [0.2, 0.25) is 0 Å². The summed E-state index contributed by atoms with van der Waals surface area (Å²) in [6.07, 6.45) is 3.28. The van der Waals surface area contributed by atoms with E-state index in [-0.39, 0.29) is 12.5 Å². The Balaban J connectivity index is 1.36. The zero-order valence-electron chi connectivity index (χ0n) is 17.4. The number of hydrogen-bond acceptors (Lipinski definition) is 5. The highest BCUT2D eigenvalue weighted by Gasteiger charge is 2.24. The molecule has 162 valence electrons. The third-order valence-electron chi connectivity index (χ3n) is 4.54. The molecule has 2 aromatic rings. The molecule has 0 atom stereocenters. The summed E-state index contributed by atoms with van der Waals surface area (Å²) in [6, 6.07) is 11.4. The molecule has 0 aliphatic carbocycles. The normalized spacial score (nSPS) is 13.7. The van der Waals surface area contributed by atoms with Crippen LogP contribution in [0.5, 0.6) is 5.75 Å². The third kappa shape index (κ3) is 6.52. The Morgan fingerprint density at radius 3 is 2.93 bits per heavy atom. The van der Waals surface area contributed by atoms with E-state index in [1.54, 1.807) is 11.2 Å². The zero-order chi connectivity index (χ0) is 21.0. The summed E-state index contributed by atoms with van der Waals surface area (Å²) in [4.78, 5) is 18.6. The molecule has 0 bridgehead atoms. The van der Waals surface area contributed by atoms with Gasteiger partial charge in [-0.05, 0) is 44.0 Å². The molecular weight excluding hydrogens is 384 g/mol. The molecule has 1 amide bonds. The van der Waals surface area contributed by atoms with Gasteiger partial charge in [-0.15, -0.1) is 0 Å². The largest absolute Gasteiger partial charge is 0.482 e. The number of rotatable bonds is 11. The molecule has 1 aliphatic heterocycles. The van der Waals surface area contributed by atoms with E-state index in [1.807, 2.05) is 43.3 Å². The first-order chi connectivity index (χ1) is 14.8. The fraction of sp³-hybridized carbons (Fsp3) is 0.455. The lowest BCUT2D eigenvalue weighted by molar-refractivity contribution is -0.121. The van der Waals surface area contributed by atoms with Crippen LogP contribution in [0.3, 0.4) is 0 Å². The quantitative estimate of drug-likeness (QED) is 0.334. The van der Waals surface area contributed by atoms with Gasteiger partial charge in [-0.3, -0.25) is 9.79 Å². The molecule has 2 heterocycles. The number of nitrogens with one attached hydrogen (secondary N) is 2. The van der Waals surface area contributed by atoms with Gasteiger partial charge in [-0.1, -0.05) is 12.1 Å². The van der Waals surface area contributed by atoms with E-state index in [2.05, 4.69) is 15.6 Å². The minimum absolute atomic E-state index is 0.0164. The minimum atomic E-state index is -0.0164. The number of amides is 1. The summed E-state index contributed by atoms with van der Waals surface area (Å²) < 4.78 is 16.3. The molecule has 30 heavy (non-hydrogen) atoms. The number of hydrogen-bond donors (Lipinski definition) is 2. The van der Waals surface area contributed by atoms with Crippen molar-refractivity contribution in [3.63, 3.8) is 0 Å². The van der Waals surface area contributed by atoms with Gasteiger partial charge in [0, 0.05) is 32.8 Å². The second-order valence-corrected chi connectivity index (χ2v) is 6.83. The van der Waals surface area contributed by atoms with Crippen molar-refractivity contribution in [3.05, 3.63) is 48.4 Å². The maximum Gasteiger partial charge on any atom is 0.265 e. The standard InChI is InChI=1S/C22H30N4O4/c1-2-23-22(25-12-7-14-28-16-18-8-5-15-29-18)24-11-6-13-26-19-9-3-4-10-20(19)30-17-21(26)27/h3-5,8-10,15H,2,6-7,11-14,16-17H2,1H3,(H2,23,24,25). The second-order valence-electron chi connectivity index (χ2n) is 6.83. The predicted molar refractivity (Wildman–Crippen MR) is 116 cm³/mol. The van der Waals surface area contributed by atoms with Crippen molar-refractivity contribution in [2.75, 3.05) is 44.3 Å². The molecule has 8 nitrogen and oxygen atoms in total. The molecule has 0 unspecified atom stereocenters. The summed E-state index contributed by atoms with van der Waals surface area (Å²) in [5, 5.41) is 6.55. The number of guanidine groups is 1. The van der Waals surface area contributed by atoms with Gasteiger partial charge in [0.05, 0.1) is 12.0 Å². The Labute approximate surface area is 177 Å². The van der Waals surface area contributed by atoms with Crippen molar-refractivity contribution in [1.82, 2.24) is 10.6 Å². The molecule has 3 rings (SSSR count). The van der Waals surface area contributed by atoms with Crippen molar-refractivity contribution in [2.45, 2.75) is 26.4 Å². The first-order valence-corrected chi connectivity index (χ1v) is 10.4. The van der Waals surface area contributed by atoms with Crippen LogP contribution in [0.2, 0.25) is 0 Å². The monoisotopic (exact) mass is 414 g/mol. The number of carbonyl (C=O) groups is 1. The molecule has 0 saturated carbocycles. The first-order valence-electron chi connectivity index (χ1n) is 10.4. The SMILES string of the molecule is CCNC(=NCCCN1C(=O)COc2ccccc21)NCCCOCc1ccco1. The number of aliphatic imine (C=N–C) groups is 1. The lowest BCUT2D eigenvalue weighted by Crippen LogP contribution is -2.40. The fourth-order valence-electron chi connectivity index (χ4n) is 3.11. The Hall–Kier alpha value is -3.00. The maximum absolute atomic E-state index is 12.2. The first kappa shape index (κ1) is 21.7. The van der Waals surface area contributed by atoms with E-state index < -0.39 is 0 Å². The van der Waals surface area contributed by atoms with Crippen molar-refractivity contribution in [1.29, 1.82) is 0 Å². The molecule has 1 aliphatic rings. The summed E-state index contributed by atoms with van der Waals surface area (Å²) in [6.45, 7) is 6.05. The summed E-state index contributed by atoms with van der Waals surface area (Å²) in [7, 11) is 0. The van der Waals surface area contributed by atoms with Crippen LogP contribution in [0.1, 0.15) is 25.5 Å². The van der Waals surface area contributed by atoms with Crippen LogP contribution in [0, 0.1) is 0 Å². The van der Waals surface area contributed by atoms with Crippen LogP contribution < -0.4 is 20.3 Å². The molecule has 0 fully saturated rings. The van der Waals surface area contributed by atoms with Crippen LogP contribution in [0.25, 0.3) is 0 Å². The number of furan rings is 1. The highest BCUT2D eigenvalue weighted by Crippen LogP contribution is 2.31. The molecule has 2 N–H and O–H groups in total. The molecule has 0 saturated heterocycles. The van der Waals surface area contributed by atoms with Crippen LogP contribution in [0.15, 0.2) is 52.1 Å². The molecule has 1 aromatic heterocycles. The number of benzene rings is 1. The third-order valence-corrected chi connectivity index (χ3v) is 4.54. The Bertz CT molecular complexity index is 807. The van der Waals surface area contributed by atoms with Crippen LogP contribution in [-0.4, -0.2) is 51.3 Å². The fourth-order valence-corrected chi connectivity index (χ4v) is 3.11. The average Bonchev–Trinajstić information content (AvgIpc) is 3.28. The smallest absolute Gasteiger partial charge is 0.265 e. The predicted octanol–water partition coefficient (Wildman–Crippen LogP) is 2.56. The topological polar surface area (TPSA) is 88.3 Å². The van der Waals surface area contributed by atoms with Crippen LogP contribution >= 0.6 is 0 Å². The average molecular weight is 415 g/mol. The lowest BCUT2D eigenvalue weighted by atomic mass is 10.2. The zero-order valence-corrected chi connectivity index (χ0v) is 17.4. The van der Waals surface area contributed by atoms with Crippen LogP contribution in [-0.2, 0) is 16.1 Å². The molecule has 8 heteroatoms. The number of nitrogens with zero attached hydrogens (tertiary/aromatic N) is 2. The van der Waals surface area contributed by atoms with Crippen molar-refractivity contribution in [3.8, 4) is 5.75 Å². The molecule has 0 spiro atoms. The number of para-hydroxylation sites is 2. The lowest BCUT2D eigenvalue weighted by Gasteiger charge is -2.29. The summed E-state index contributed by atoms with van der Waals surface area (Å²) in [5.41, 5.74) is 0.831.